The highest BCUT2D eigenvalue weighted by atomic mass is 32.2. The number of thioether (sulfide) groups is 1. The molecular weight excluding hydrogens is 276 g/mol. The van der Waals surface area contributed by atoms with E-state index in [1.54, 1.807) is 0 Å². The first-order valence-electron chi connectivity index (χ1n) is 6.75. The minimum atomic E-state index is -1.27. The van der Waals surface area contributed by atoms with Crippen LogP contribution < -0.4 is 10.4 Å². The Kier molecular flexibility index (Phi) is 5.40. The van der Waals surface area contributed by atoms with E-state index in [0.29, 0.717) is 5.03 Å². The van der Waals surface area contributed by atoms with Crippen molar-refractivity contribution in [2.75, 3.05) is 5.75 Å². The number of pyridine rings is 1. The van der Waals surface area contributed by atoms with E-state index in [9.17, 15) is 14.7 Å². The third-order valence-electron chi connectivity index (χ3n) is 3.30. The Morgan fingerprint density at radius 2 is 2.10 bits per heavy atom. The molecule has 5 nitrogen and oxygen atoms in total. The summed E-state index contributed by atoms with van der Waals surface area (Å²) >= 11 is 1.13. The van der Waals surface area contributed by atoms with Crippen LogP contribution in [0.25, 0.3) is 0 Å². The first-order chi connectivity index (χ1) is 9.66. The van der Waals surface area contributed by atoms with E-state index >= 15 is 0 Å². The predicted molar refractivity (Wildman–Crippen MR) is 74.3 cm³/mol. The maximum absolute atomic E-state index is 11.8. The number of aromatic nitrogens is 1. The standard InChI is InChI=1S/C14H18N2O3S/c17-12(16-10-5-2-1-3-6-10)9-20-13-11(14(18)19)7-4-8-15-13/h4,7-8,10H,1-3,5-6,9H2,(H,16,17)(H,18,19)/p-1. The third-order valence-corrected chi connectivity index (χ3v) is 4.31. The summed E-state index contributed by atoms with van der Waals surface area (Å²) in [5.74, 6) is -1.17. The molecule has 20 heavy (non-hydrogen) atoms. The van der Waals surface area contributed by atoms with Crippen LogP contribution in [0.5, 0.6) is 0 Å². The van der Waals surface area contributed by atoms with Gasteiger partial charge in [-0.05, 0) is 25.0 Å². The Morgan fingerprint density at radius 3 is 2.80 bits per heavy atom. The van der Waals surface area contributed by atoms with E-state index in [4.69, 9.17) is 0 Å². The fourth-order valence-corrected chi connectivity index (χ4v) is 3.10. The molecule has 0 radical (unpaired) electrons. The molecule has 1 aromatic rings. The second kappa shape index (κ2) is 7.28. The van der Waals surface area contributed by atoms with Crippen molar-refractivity contribution in [3.05, 3.63) is 23.9 Å². The molecule has 6 heteroatoms. The quantitative estimate of drug-likeness (QED) is 0.819. The number of carboxylic acids is 1. The summed E-state index contributed by atoms with van der Waals surface area (Å²) in [7, 11) is 0. The van der Waals surface area contributed by atoms with Gasteiger partial charge < -0.3 is 15.2 Å². The van der Waals surface area contributed by atoms with Crippen molar-refractivity contribution >= 4 is 23.6 Å². The Bertz CT molecular complexity index is 487. The second-order valence-electron chi connectivity index (χ2n) is 4.83. The maximum atomic E-state index is 11.8. The van der Waals surface area contributed by atoms with E-state index in [2.05, 4.69) is 10.3 Å². The van der Waals surface area contributed by atoms with Gasteiger partial charge in [0.2, 0.25) is 5.91 Å². The van der Waals surface area contributed by atoms with Crippen molar-refractivity contribution < 1.29 is 14.7 Å². The molecule has 0 unspecified atom stereocenters. The van der Waals surface area contributed by atoms with Crippen LogP contribution >= 0.6 is 11.8 Å². The van der Waals surface area contributed by atoms with Crippen LogP contribution in [-0.4, -0.2) is 28.7 Å². The number of carboxylic acid groups (broad SMARTS) is 1. The number of amides is 1. The van der Waals surface area contributed by atoms with Gasteiger partial charge in [0.1, 0.15) is 5.03 Å². The molecule has 0 atom stereocenters. The summed E-state index contributed by atoms with van der Waals surface area (Å²) in [6.07, 6.45) is 7.13. The molecule has 0 spiro atoms. The van der Waals surface area contributed by atoms with Crippen molar-refractivity contribution in [1.82, 2.24) is 10.3 Å². The summed E-state index contributed by atoms with van der Waals surface area (Å²) in [5, 5.41) is 14.2. The van der Waals surface area contributed by atoms with Crippen LogP contribution in [0.1, 0.15) is 42.5 Å². The number of carbonyl (C=O) groups is 2. The Balaban J connectivity index is 1.85. The van der Waals surface area contributed by atoms with Crippen molar-refractivity contribution in [1.29, 1.82) is 0 Å². The molecule has 0 aromatic carbocycles. The van der Waals surface area contributed by atoms with Crippen LogP contribution in [0.2, 0.25) is 0 Å². The number of nitrogens with zero attached hydrogens (tertiary/aromatic N) is 1. The Morgan fingerprint density at radius 1 is 1.35 bits per heavy atom. The molecule has 2 rings (SSSR count). The minimum absolute atomic E-state index is 0.0305. The van der Waals surface area contributed by atoms with E-state index in [-0.39, 0.29) is 23.3 Å². The Labute approximate surface area is 122 Å². The molecule has 1 heterocycles. The van der Waals surface area contributed by atoms with Gasteiger partial charge in [-0.15, -0.1) is 0 Å². The average molecular weight is 293 g/mol. The Hall–Kier alpha value is -1.56. The highest BCUT2D eigenvalue weighted by Crippen LogP contribution is 2.20. The SMILES string of the molecule is O=C(CSc1ncccc1C(=O)[O-])NC1CCCCC1. The smallest absolute Gasteiger partial charge is 0.230 e. The van der Waals surface area contributed by atoms with Gasteiger partial charge in [0.15, 0.2) is 0 Å². The van der Waals surface area contributed by atoms with Crippen LogP contribution in [0.3, 0.4) is 0 Å². The molecule has 108 valence electrons. The average Bonchev–Trinajstić information content (AvgIpc) is 2.46. The van der Waals surface area contributed by atoms with Crippen LogP contribution in [0.4, 0.5) is 0 Å². The number of nitrogens with one attached hydrogen (secondary N) is 1. The van der Waals surface area contributed by atoms with Gasteiger partial charge in [0.25, 0.3) is 0 Å². The largest absolute Gasteiger partial charge is 0.545 e. The molecule has 1 N–H and O–H groups in total. The lowest BCUT2D eigenvalue weighted by Crippen LogP contribution is -2.37. The van der Waals surface area contributed by atoms with Gasteiger partial charge in [-0.2, -0.15) is 0 Å². The van der Waals surface area contributed by atoms with Crippen molar-refractivity contribution in [2.24, 2.45) is 0 Å². The number of rotatable bonds is 5. The van der Waals surface area contributed by atoms with Crippen LogP contribution in [0.15, 0.2) is 23.4 Å². The summed E-state index contributed by atoms with van der Waals surface area (Å²) in [6, 6.07) is 3.24. The predicted octanol–water partition coefficient (Wildman–Crippen LogP) is 0.986. The lowest BCUT2D eigenvalue weighted by Gasteiger charge is -2.22. The van der Waals surface area contributed by atoms with Crippen molar-refractivity contribution in [2.45, 2.75) is 43.2 Å². The molecule has 1 aliphatic rings. The van der Waals surface area contributed by atoms with E-state index in [1.807, 2.05) is 0 Å². The molecule has 0 aliphatic heterocycles. The van der Waals surface area contributed by atoms with E-state index < -0.39 is 5.97 Å². The van der Waals surface area contributed by atoms with E-state index in [0.717, 1.165) is 37.4 Å². The number of carbonyl (C=O) groups excluding carboxylic acids is 2. The van der Waals surface area contributed by atoms with Gasteiger partial charge in [0, 0.05) is 17.8 Å². The van der Waals surface area contributed by atoms with Crippen LogP contribution in [-0.2, 0) is 4.79 Å². The number of aromatic carboxylic acids is 1. The van der Waals surface area contributed by atoms with Crippen LogP contribution in [0, 0.1) is 0 Å². The second-order valence-corrected chi connectivity index (χ2v) is 5.80. The minimum Gasteiger partial charge on any atom is -0.545 e. The van der Waals surface area contributed by atoms with Crippen molar-refractivity contribution in [3.63, 3.8) is 0 Å². The zero-order valence-electron chi connectivity index (χ0n) is 11.1. The normalized spacial score (nSPS) is 15.8. The fourth-order valence-electron chi connectivity index (χ4n) is 2.31. The molecule has 1 aliphatic carbocycles. The molecular formula is C14H17N2O3S-. The fraction of sp³-hybridized carbons (Fsp3) is 0.500. The van der Waals surface area contributed by atoms with Gasteiger partial charge in [0.05, 0.1) is 11.7 Å². The van der Waals surface area contributed by atoms with Gasteiger partial charge >= 0.3 is 0 Å². The molecule has 1 aromatic heterocycles. The first-order valence-corrected chi connectivity index (χ1v) is 7.74. The molecule has 1 fully saturated rings. The zero-order chi connectivity index (χ0) is 14.4. The maximum Gasteiger partial charge on any atom is 0.230 e. The molecule has 1 amide bonds. The summed E-state index contributed by atoms with van der Waals surface area (Å²) in [5.41, 5.74) is 0.0305. The molecule has 1 saturated carbocycles. The number of hydrogen-bond acceptors (Lipinski definition) is 5. The highest BCUT2D eigenvalue weighted by Gasteiger charge is 2.16. The van der Waals surface area contributed by atoms with Crippen molar-refractivity contribution in [3.8, 4) is 0 Å². The molecule has 0 bridgehead atoms. The monoisotopic (exact) mass is 293 g/mol. The lowest BCUT2D eigenvalue weighted by molar-refractivity contribution is -0.255. The third kappa shape index (κ3) is 4.23. The lowest BCUT2D eigenvalue weighted by atomic mass is 9.95. The molecule has 0 saturated heterocycles. The summed E-state index contributed by atoms with van der Waals surface area (Å²) in [6.45, 7) is 0. The number of hydrogen-bond donors (Lipinski definition) is 1. The first kappa shape index (κ1) is 14.8. The summed E-state index contributed by atoms with van der Waals surface area (Å²) in [4.78, 5) is 26.7. The van der Waals surface area contributed by atoms with Gasteiger partial charge in [-0.3, -0.25) is 4.79 Å². The summed E-state index contributed by atoms with van der Waals surface area (Å²) < 4.78 is 0. The van der Waals surface area contributed by atoms with Gasteiger partial charge in [-0.1, -0.05) is 31.0 Å². The zero-order valence-corrected chi connectivity index (χ0v) is 11.9. The van der Waals surface area contributed by atoms with Gasteiger partial charge in [-0.25, -0.2) is 4.98 Å². The van der Waals surface area contributed by atoms with E-state index in [1.165, 1.54) is 24.8 Å². The highest BCUT2D eigenvalue weighted by molar-refractivity contribution is 8.00. The topological polar surface area (TPSA) is 82.1 Å².